The van der Waals surface area contributed by atoms with E-state index in [0.717, 1.165) is 296 Å². The third kappa shape index (κ3) is 24.2. The molecule has 8 fully saturated rings. The summed E-state index contributed by atoms with van der Waals surface area (Å²) in [6, 6.07) is 24.3. The van der Waals surface area contributed by atoms with Crippen LogP contribution in [0.2, 0.25) is 0 Å². The molecule has 4 aliphatic carbocycles. The van der Waals surface area contributed by atoms with Gasteiger partial charge in [0.05, 0.1) is 136 Å². The summed E-state index contributed by atoms with van der Waals surface area (Å²) in [4.78, 5) is 74.3. The van der Waals surface area contributed by atoms with E-state index in [1.807, 2.05) is 44.2 Å². The number of nitrogens with zero attached hydrogens (tertiary/aromatic N) is 22. The van der Waals surface area contributed by atoms with Crippen LogP contribution in [0.3, 0.4) is 0 Å². The highest BCUT2D eigenvalue weighted by Crippen LogP contribution is 2.40. The Bertz CT molecular complexity index is 6030. The summed E-state index contributed by atoms with van der Waals surface area (Å²) in [5.74, 6) is 5.26. The van der Waals surface area contributed by atoms with E-state index in [1.54, 1.807) is 81.3 Å². The minimum atomic E-state index is -0.884. The lowest BCUT2D eigenvalue weighted by molar-refractivity contribution is 0.122. The summed E-state index contributed by atoms with van der Waals surface area (Å²) in [7, 11) is 0. The van der Waals surface area contributed by atoms with Crippen molar-refractivity contribution in [3.63, 3.8) is 0 Å². The number of anilines is 8. The van der Waals surface area contributed by atoms with Crippen LogP contribution >= 0.6 is 0 Å². The molecule has 8 aliphatic rings. The summed E-state index contributed by atoms with van der Waals surface area (Å²) < 4.78 is 85.6. The molecule has 0 unspecified atom stereocenters. The van der Waals surface area contributed by atoms with Gasteiger partial charge >= 0.3 is 0 Å². The molecule has 36 nitrogen and oxygen atoms in total. The fourth-order valence-electron chi connectivity index (χ4n) is 18.0. The molecular weight excluding hydrogens is 1720 g/mol. The Morgan fingerprint density at radius 3 is 1.05 bits per heavy atom. The van der Waals surface area contributed by atoms with Gasteiger partial charge in [-0.3, -0.25) is 19.9 Å². The maximum Gasteiger partial charge on any atom is 0.249 e. The number of morpholine rings is 4. The maximum absolute atomic E-state index is 13.3. The van der Waals surface area contributed by atoms with E-state index in [9.17, 15) is 8.78 Å². The van der Waals surface area contributed by atoms with E-state index in [4.69, 9.17) is 52.3 Å². The van der Waals surface area contributed by atoms with Crippen LogP contribution in [0.15, 0.2) is 152 Å². The molecule has 0 amide bonds. The zero-order valence-corrected chi connectivity index (χ0v) is 75.4. The number of hydrogen-bond acceptors (Lipinski definition) is 36. The number of benzene rings is 4. The minimum Gasteiger partial charge on any atom is -0.488 e. The third-order valence-electron chi connectivity index (χ3n) is 24.8. The van der Waals surface area contributed by atoms with Crippen molar-refractivity contribution in [2.24, 2.45) is 0 Å². The number of aromatic nitrogens is 17. The fraction of sp³-hybridized carbons (Fsp3) is 0.458. The lowest BCUT2D eigenvalue weighted by atomic mass is 9.93. The molecule has 4 N–H and O–H groups in total. The van der Waals surface area contributed by atoms with E-state index < -0.39 is 11.9 Å². The second-order valence-corrected chi connectivity index (χ2v) is 34.5. The van der Waals surface area contributed by atoms with Crippen molar-refractivity contribution < 1.29 is 55.8 Å². The van der Waals surface area contributed by atoms with Gasteiger partial charge in [-0.15, -0.1) is 10.2 Å². The Kier molecular flexibility index (Phi) is 30.0. The molecule has 134 heavy (non-hydrogen) atoms. The molecule has 38 heteroatoms. The van der Waals surface area contributed by atoms with Crippen molar-refractivity contribution in [1.82, 2.24) is 85.0 Å². The minimum absolute atomic E-state index is 0.0170. The van der Waals surface area contributed by atoms with Crippen LogP contribution in [0.5, 0.6) is 28.7 Å². The van der Waals surface area contributed by atoms with Gasteiger partial charge in [0.25, 0.3) is 0 Å². The summed E-state index contributed by atoms with van der Waals surface area (Å²) in [5, 5.41) is 30.2. The molecule has 0 bridgehead atoms. The molecule has 21 rings (SSSR count). The Labute approximate surface area is 773 Å². The van der Waals surface area contributed by atoms with Crippen molar-refractivity contribution >= 4 is 90.4 Å². The van der Waals surface area contributed by atoms with E-state index >= 15 is 0 Å². The zero-order valence-electron chi connectivity index (χ0n) is 75.4. The maximum atomic E-state index is 13.3. The first-order chi connectivity index (χ1) is 65.8. The van der Waals surface area contributed by atoms with Gasteiger partial charge in [-0.1, -0.05) is 0 Å². The van der Waals surface area contributed by atoms with Crippen LogP contribution in [0, 0.1) is 30.2 Å². The van der Waals surface area contributed by atoms with Gasteiger partial charge in [-0.05, 0) is 153 Å². The van der Waals surface area contributed by atoms with Crippen molar-refractivity contribution in [1.29, 1.82) is 5.26 Å². The van der Waals surface area contributed by atoms with Crippen LogP contribution in [0.1, 0.15) is 128 Å². The SMILES string of the molecule is CC(C)Oc1cnc(NC2CCC(Oc3cc(N4CCOCC4)cc4nccnc34)CC2)nc1.Cc1nnc(-c2ccc(NC3CCC(Oc4cc(N5CCOCC5)cc5nccnc45)CC3)nc2)o1.Fc1cc(F)nc(NC2CCC(Oc3cc(N4CCOCC4)cc4nccnc34)CC2)n1.N#Cc1cnc(NC2CCC(Oc3cc(N4CCOCC4)cc4nccnc34)CC2)cn1. The summed E-state index contributed by atoms with van der Waals surface area (Å²) in [6.07, 6.45) is 37.3. The van der Waals surface area contributed by atoms with E-state index in [-0.39, 0.29) is 42.5 Å². The highest BCUT2D eigenvalue weighted by atomic mass is 19.1. The Hall–Kier alpha value is -13.6. The van der Waals surface area contributed by atoms with Crippen LogP contribution in [-0.2, 0) is 18.9 Å². The average Bonchev–Trinajstić information content (AvgIpc) is 0.847. The topological polar surface area (TPSA) is 400 Å². The number of aryl methyl sites for hydroxylation is 1. The third-order valence-corrected chi connectivity index (χ3v) is 24.8. The van der Waals surface area contributed by atoms with Gasteiger partial charge < -0.3 is 87.9 Å². The molecule has 4 aliphatic heterocycles. The van der Waals surface area contributed by atoms with Crippen molar-refractivity contribution in [3.05, 3.63) is 171 Å². The molecule has 4 saturated carbocycles. The van der Waals surface area contributed by atoms with Crippen molar-refractivity contribution in [3.8, 4) is 46.3 Å². The Morgan fingerprint density at radius 2 is 0.724 bits per heavy atom. The van der Waals surface area contributed by atoms with Crippen LogP contribution in [0.25, 0.3) is 55.6 Å². The number of hydrogen-bond donors (Lipinski definition) is 4. The van der Waals surface area contributed by atoms with Gasteiger partial charge in [0.15, 0.2) is 11.4 Å². The number of pyridine rings is 1. The number of fused-ring (bicyclic) bond motifs is 4. The summed E-state index contributed by atoms with van der Waals surface area (Å²) in [5.41, 5.74) is 12.1. The second kappa shape index (κ2) is 44.3. The molecule has 0 radical (unpaired) electrons. The Morgan fingerprint density at radius 1 is 0.373 bits per heavy atom. The molecule has 13 aromatic rings. The molecule has 0 atom stereocenters. The van der Waals surface area contributed by atoms with Gasteiger partial charge in [0.2, 0.25) is 35.6 Å². The predicted octanol–water partition coefficient (Wildman–Crippen LogP) is 14.1. The summed E-state index contributed by atoms with van der Waals surface area (Å²) in [6.45, 7) is 18.4. The lowest BCUT2D eigenvalue weighted by Crippen LogP contribution is -2.36. The molecular formula is C96H110F2N26O10. The van der Waals surface area contributed by atoms with Gasteiger partial charge in [0, 0.05) is 192 Å². The first-order valence-electron chi connectivity index (χ1n) is 46.5. The zero-order chi connectivity index (χ0) is 91.3. The lowest BCUT2D eigenvalue weighted by Gasteiger charge is -2.31. The second-order valence-electron chi connectivity index (χ2n) is 34.5. The van der Waals surface area contributed by atoms with Gasteiger partial charge in [0.1, 0.15) is 62.8 Å². The van der Waals surface area contributed by atoms with Crippen LogP contribution in [0.4, 0.5) is 55.1 Å². The quantitative estimate of drug-likeness (QED) is 0.0432. The molecule has 4 saturated heterocycles. The monoisotopic (exact) mass is 1820 g/mol. The first-order valence-corrected chi connectivity index (χ1v) is 46.5. The van der Waals surface area contributed by atoms with E-state index in [1.165, 1.54) is 6.20 Å². The molecule has 0 spiro atoms. The number of nitriles is 1. The number of halogens is 2. The van der Waals surface area contributed by atoms with Gasteiger partial charge in [-0.25, -0.2) is 44.9 Å². The Balaban J connectivity index is 0.000000120. The number of nitrogens with one attached hydrogen (secondary N) is 4. The van der Waals surface area contributed by atoms with E-state index in [2.05, 4.69) is 162 Å². The number of ether oxygens (including phenoxy) is 9. The molecule has 4 aromatic carbocycles. The standard InChI is InChI=1S/C26H29N7O3.C25H32N6O3.C23H25N7O2.C22H24F2N6O2/c1-17-31-32-26(35-17)18-2-7-24(29-16-18)30-19-3-5-21(6-4-19)36-23-15-20(33-10-12-34-13-11-33)14-22-25(23)28-9-8-27-22;1-17(2)33-21-15-28-25(29-16-21)30-18-3-5-20(6-4-18)34-23-14-19(31-9-11-32-12-10-31)13-22-24(23)27-8-7-26-22;24-13-17-14-28-22(15-27-17)29-16-1-3-19(4-2-16)32-21-12-18(30-7-9-31-10-8-30)11-20-23(21)26-6-5-25-20;23-19-13-20(24)29-22(28-19)27-14-1-3-16(4-2-14)32-18-12-15(30-7-9-31-10-8-30)11-17-21(18)26-6-5-25-17/h2,7-9,14-16,19,21H,3-6,10-13H2,1H3,(H,29,30);7-8,13-18,20H,3-6,9-12H2,1-2H3,(H,28,29,30);5-6,11-12,14-16,19H,1-4,7-10H2,(H,28,29);5-6,11-14,16H,1-4,7-10H2,(H,27,28,29). The normalized spacial score (nSPS) is 21.0. The first kappa shape index (κ1) is 90.9. The number of rotatable bonds is 23. The van der Waals surface area contributed by atoms with Crippen LogP contribution < -0.4 is 64.6 Å². The molecule has 9 aromatic heterocycles. The largest absolute Gasteiger partial charge is 0.488 e. The molecule has 698 valence electrons. The predicted molar refractivity (Wildman–Crippen MR) is 500 cm³/mol. The van der Waals surface area contributed by atoms with Crippen molar-refractivity contribution in [2.45, 2.75) is 178 Å². The van der Waals surface area contributed by atoms with E-state index in [0.29, 0.717) is 72.4 Å². The fourth-order valence-corrected chi connectivity index (χ4v) is 18.0. The van der Waals surface area contributed by atoms with Crippen molar-refractivity contribution in [2.75, 3.05) is 146 Å². The average molecular weight is 1830 g/mol. The smallest absolute Gasteiger partial charge is 0.249 e. The molecule has 13 heterocycles. The highest BCUT2D eigenvalue weighted by molar-refractivity contribution is 5.88. The van der Waals surface area contributed by atoms with Gasteiger partial charge in [-0.2, -0.15) is 24.0 Å². The van der Waals surface area contributed by atoms with Crippen LogP contribution in [-0.4, -0.2) is 245 Å². The summed E-state index contributed by atoms with van der Waals surface area (Å²) >= 11 is 0. The highest BCUT2D eigenvalue weighted by Gasteiger charge is 2.32.